The molecule has 0 saturated heterocycles. The molecular weight excluding hydrogens is 484 g/mol. The van der Waals surface area contributed by atoms with Crippen molar-refractivity contribution in [3.63, 3.8) is 0 Å². The van der Waals surface area contributed by atoms with Crippen molar-refractivity contribution in [1.29, 1.82) is 0 Å². The Hall–Kier alpha value is -5.36. The molecule has 0 spiro atoms. The molecule has 39 heavy (non-hydrogen) atoms. The van der Waals surface area contributed by atoms with Crippen molar-refractivity contribution < 1.29 is 8.83 Å². The van der Waals surface area contributed by atoms with Crippen LogP contribution in [0.15, 0.2) is 112 Å². The average Bonchev–Trinajstić information content (AvgIpc) is 3.69. The smallest absolute Gasteiger partial charge is 0.307 e. The van der Waals surface area contributed by atoms with Gasteiger partial charge in [0.15, 0.2) is 11.2 Å². The van der Waals surface area contributed by atoms with E-state index in [1.54, 1.807) is 0 Å². The minimum atomic E-state index is 0.611. The fraction of sp³-hybridized carbons (Fsp3) is 0.0303. The van der Waals surface area contributed by atoms with Crippen LogP contribution in [-0.4, -0.2) is 18.8 Å². The van der Waals surface area contributed by atoms with Crippen LogP contribution < -0.4 is 0 Å². The lowest BCUT2D eigenvalue weighted by Crippen LogP contribution is -1.87. The van der Waals surface area contributed by atoms with Gasteiger partial charge < -0.3 is 8.83 Å². The summed E-state index contributed by atoms with van der Waals surface area (Å²) in [5.41, 5.74) is 13.3. The van der Waals surface area contributed by atoms with Crippen molar-refractivity contribution >= 4 is 56.0 Å². The zero-order valence-corrected chi connectivity index (χ0v) is 20.9. The Labute approximate surface area is 221 Å². The minimum absolute atomic E-state index is 0.611. The van der Waals surface area contributed by atoms with E-state index in [1.165, 1.54) is 5.56 Å². The van der Waals surface area contributed by atoms with E-state index in [4.69, 9.17) is 8.83 Å². The van der Waals surface area contributed by atoms with Gasteiger partial charge in [-0.25, -0.2) is 0 Å². The number of imidazole rings is 2. The predicted molar refractivity (Wildman–Crippen MR) is 154 cm³/mol. The molecule has 4 aromatic heterocycles. The molecule has 9 rings (SSSR count). The molecular formula is C33H20N4O2. The number of oxazole rings is 2. The van der Waals surface area contributed by atoms with Crippen LogP contribution in [0, 0.1) is 6.92 Å². The Kier molecular flexibility index (Phi) is 3.90. The van der Waals surface area contributed by atoms with Gasteiger partial charge in [0.25, 0.3) is 0 Å². The van der Waals surface area contributed by atoms with Gasteiger partial charge in [-0.2, -0.15) is 9.97 Å². The molecule has 6 heteroatoms. The maximum absolute atomic E-state index is 6.07. The average molecular weight is 505 g/mol. The largest absolute Gasteiger partial charge is 0.423 e. The molecule has 0 saturated carbocycles. The molecule has 6 nitrogen and oxygen atoms in total. The van der Waals surface area contributed by atoms with Crippen molar-refractivity contribution in [3.05, 3.63) is 109 Å². The van der Waals surface area contributed by atoms with E-state index in [0.29, 0.717) is 11.7 Å². The number of hydrogen-bond donors (Lipinski definition) is 0. The Balaban J connectivity index is 1.22. The van der Waals surface area contributed by atoms with Crippen LogP contribution in [0.5, 0.6) is 0 Å². The number of aromatic nitrogens is 4. The summed E-state index contributed by atoms with van der Waals surface area (Å²) in [6.45, 7) is 2.14. The quantitative estimate of drug-likeness (QED) is 0.237. The van der Waals surface area contributed by atoms with Crippen molar-refractivity contribution in [2.75, 3.05) is 0 Å². The first-order valence-corrected chi connectivity index (χ1v) is 12.9. The topological polar surface area (TPSA) is 60.9 Å². The van der Waals surface area contributed by atoms with Crippen LogP contribution in [-0.2, 0) is 0 Å². The molecule has 0 aliphatic rings. The molecule has 0 bridgehead atoms. The Morgan fingerprint density at radius 3 is 1.49 bits per heavy atom. The fourth-order valence-electron chi connectivity index (χ4n) is 5.84. The number of hydrogen-bond acceptors (Lipinski definition) is 4. The van der Waals surface area contributed by atoms with Gasteiger partial charge in [0.1, 0.15) is 0 Å². The van der Waals surface area contributed by atoms with Crippen LogP contribution in [0.4, 0.5) is 0 Å². The summed E-state index contributed by atoms with van der Waals surface area (Å²) in [5.74, 6) is 1.22. The van der Waals surface area contributed by atoms with Crippen LogP contribution in [0.3, 0.4) is 0 Å². The first kappa shape index (κ1) is 20.7. The summed E-state index contributed by atoms with van der Waals surface area (Å²) in [4.78, 5) is 9.32. The van der Waals surface area contributed by atoms with E-state index in [0.717, 1.165) is 66.5 Å². The Bertz CT molecular complexity index is 2250. The molecule has 0 aliphatic heterocycles. The highest BCUT2D eigenvalue weighted by atomic mass is 16.4. The maximum atomic E-state index is 6.07. The summed E-state index contributed by atoms with van der Waals surface area (Å²) < 4.78 is 16.3. The fourth-order valence-corrected chi connectivity index (χ4v) is 5.84. The van der Waals surface area contributed by atoms with Crippen LogP contribution in [0.25, 0.3) is 78.2 Å². The third-order valence-electron chi connectivity index (χ3n) is 7.61. The second-order valence-corrected chi connectivity index (χ2v) is 10.1. The summed E-state index contributed by atoms with van der Waals surface area (Å²) in [5, 5.41) is 0. The molecule has 0 aliphatic carbocycles. The van der Waals surface area contributed by atoms with Gasteiger partial charge in [-0.1, -0.05) is 48.5 Å². The molecule has 0 atom stereocenters. The van der Waals surface area contributed by atoms with Crippen LogP contribution in [0.2, 0.25) is 0 Å². The van der Waals surface area contributed by atoms with Crippen molar-refractivity contribution in [2.24, 2.45) is 0 Å². The van der Waals surface area contributed by atoms with E-state index >= 15 is 0 Å². The zero-order chi connectivity index (χ0) is 25.7. The molecule has 4 heterocycles. The molecule has 0 N–H and O–H groups in total. The van der Waals surface area contributed by atoms with E-state index in [2.05, 4.69) is 80.3 Å². The normalized spacial score (nSPS) is 12.2. The predicted octanol–water partition coefficient (Wildman–Crippen LogP) is 8.42. The second-order valence-electron chi connectivity index (χ2n) is 10.1. The molecule has 184 valence electrons. The Morgan fingerprint density at radius 2 is 0.974 bits per heavy atom. The van der Waals surface area contributed by atoms with Gasteiger partial charge in [0, 0.05) is 0 Å². The van der Waals surface area contributed by atoms with Gasteiger partial charge in [0.2, 0.25) is 0 Å². The van der Waals surface area contributed by atoms with Crippen molar-refractivity contribution in [3.8, 4) is 22.3 Å². The van der Waals surface area contributed by atoms with Gasteiger partial charge in [-0.3, -0.25) is 8.80 Å². The first-order chi connectivity index (χ1) is 19.2. The van der Waals surface area contributed by atoms with E-state index in [9.17, 15) is 0 Å². The summed E-state index contributed by atoms with van der Waals surface area (Å²) >= 11 is 0. The van der Waals surface area contributed by atoms with Crippen molar-refractivity contribution in [1.82, 2.24) is 18.8 Å². The summed E-state index contributed by atoms with van der Waals surface area (Å²) in [6.07, 6.45) is 0. The number of nitrogens with zero attached hydrogens (tertiary/aromatic N) is 4. The lowest BCUT2D eigenvalue weighted by molar-refractivity contribution is 0.642. The number of fused-ring (bicyclic) bond motifs is 10. The molecule has 0 radical (unpaired) electrons. The minimum Gasteiger partial charge on any atom is -0.423 e. The number of rotatable bonds is 2. The molecule has 0 amide bonds. The first-order valence-electron chi connectivity index (χ1n) is 12.9. The molecule has 0 fully saturated rings. The lowest BCUT2D eigenvalue weighted by Gasteiger charge is -2.09. The number of benzene rings is 5. The van der Waals surface area contributed by atoms with Crippen molar-refractivity contribution in [2.45, 2.75) is 6.92 Å². The number of para-hydroxylation sites is 4. The van der Waals surface area contributed by atoms with Crippen LogP contribution in [0.1, 0.15) is 5.56 Å². The zero-order valence-electron chi connectivity index (χ0n) is 20.9. The standard InChI is InChI=1S/C33H20N4O2/c1-19-14-22(20-10-12-30-28(17-20)36-26-8-4-2-6-24(26)34-32(36)38-30)16-23(15-19)21-11-13-31-29(18-21)37-27-9-5-3-7-25(27)35-33(37)39-31/h2-18H,1H3. The highest BCUT2D eigenvalue weighted by molar-refractivity contribution is 5.92. The third-order valence-corrected chi connectivity index (χ3v) is 7.61. The Morgan fingerprint density at radius 1 is 0.487 bits per heavy atom. The summed E-state index contributed by atoms with van der Waals surface area (Å²) in [6, 6.07) is 35.6. The lowest BCUT2D eigenvalue weighted by atomic mass is 9.96. The number of aryl methyl sites for hydroxylation is 1. The maximum Gasteiger partial charge on any atom is 0.307 e. The second kappa shape index (κ2) is 7.36. The molecule has 0 unspecified atom stereocenters. The van der Waals surface area contributed by atoms with Gasteiger partial charge >= 0.3 is 11.7 Å². The highest BCUT2D eigenvalue weighted by Gasteiger charge is 2.16. The van der Waals surface area contributed by atoms with Gasteiger partial charge in [-0.15, -0.1) is 0 Å². The molecule has 5 aromatic carbocycles. The SMILES string of the molecule is Cc1cc(-c2ccc3oc4nc5ccccc5n4c3c2)cc(-c2ccc3oc4nc5ccccc5n4c3c2)c1. The van der Waals surface area contributed by atoms with E-state index < -0.39 is 0 Å². The van der Waals surface area contributed by atoms with Gasteiger partial charge in [-0.05, 0) is 89.3 Å². The monoisotopic (exact) mass is 504 g/mol. The molecule has 9 aromatic rings. The van der Waals surface area contributed by atoms with Crippen LogP contribution >= 0.6 is 0 Å². The summed E-state index contributed by atoms with van der Waals surface area (Å²) in [7, 11) is 0. The van der Waals surface area contributed by atoms with E-state index in [1.807, 2.05) is 48.5 Å². The third kappa shape index (κ3) is 2.91. The highest BCUT2D eigenvalue weighted by Crippen LogP contribution is 2.34. The van der Waals surface area contributed by atoms with E-state index in [-0.39, 0.29) is 0 Å². The van der Waals surface area contributed by atoms with Gasteiger partial charge in [0.05, 0.1) is 33.1 Å².